The Morgan fingerprint density at radius 3 is 0.899 bits per heavy atom. The molecule has 2 aliphatic rings. The van der Waals surface area contributed by atoms with Crippen LogP contribution < -0.4 is 42.9 Å². The maximum atomic E-state index is 8.36. The van der Waals surface area contributed by atoms with E-state index in [0.717, 1.165) is 92.5 Å². The number of hydrogen-bond acceptors (Lipinski definition) is 10. The minimum absolute atomic E-state index is 0. The summed E-state index contributed by atoms with van der Waals surface area (Å²) < 4.78 is 2.45. The summed E-state index contributed by atoms with van der Waals surface area (Å²) in [5, 5.41) is 59.8. The summed E-state index contributed by atoms with van der Waals surface area (Å²) in [6.45, 7) is 46.3. The van der Waals surface area contributed by atoms with Crippen molar-refractivity contribution in [2.45, 2.75) is 86.9 Å². The monoisotopic (exact) mass is 2040 g/mol. The number of allylic oxidation sites excluding steroid dienone is 8. The quantitative estimate of drug-likeness (QED) is 0.00576. The molecule has 0 amide bonds. The van der Waals surface area contributed by atoms with Crippen LogP contribution in [0.2, 0.25) is 19.6 Å². The van der Waals surface area contributed by atoms with E-state index >= 15 is 0 Å². The van der Waals surface area contributed by atoms with E-state index in [-0.39, 0.29) is 45.2 Å². The number of anilines is 1. The summed E-state index contributed by atoms with van der Waals surface area (Å²) in [5.74, 6) is 0. The number of nitrogen functional groups attached to an aromatic ring is 1. The van der Waals surface area contributed by atoms with Gasteiger partial charge in [-0.1, -0.05) is 261 Å². The zero-order valence-corrected chi connectivity index (χ0v) is 79.6. The second-order valence-corrected chi connectivity index (χ2v) is 51.2. The molecule has 9 aromatic rings. The molecule has 2 fully saturated rings. The molecule has 11 rings (SSSR count). The van der Waals surface area contributed by atoms with Crippen molar-refractivity contribution < 1.29 is 37.8 Å². The number of halogens is 3. The Bertz CT molecular complexity index is 4170. The minimum Gasteiger partial charge on any atom is -0.399 e. The van der Waals surface area contributed by atoms with Crippen LogP contribution in [-0.2, 0) is 22.4 Å². The Morgan fingerprint density at radius 2 is 0.655 bits per heavy atom. The van der Waals surface area contributed by atoms with E-state index in [1.54, 1.807) is 0 Å². The first-order valence-electron chi connectivity index (χ1n) is 38.4. The summed E-state index contributed by atoms with van der Waals surface area (Å²) in [7, 11) is -5.73. The average molecular weight is 2040 g/mol. The normalized spacial score (nSPS) is 11.9. The molecular formula is C95H126AgClI2N9O6P4Si+2. The first kappa shape index (κ1) is 111. The molecule has 2 heterocycles. The molecule has 2 aliphatic heterocycles. The molecule has 0 unspecified atom stereocenters. The Kier molecular flexibility index (Phi) is 60.1. The standard InChI is InChI=1S/C23H29N3P.2C19H22P.C12H15P.C11H14IN3.C6H6IN.C3H9ClSi.2CH4.Ag.HNO3.NO3/c1-3-19-27(20-4-2,22-11-7-5-8-12-22)23-15-13-21(14-16-23)24-25-26-17-9-6-10-18-26;2*1-4-15-20(16-5-2,18-9-7-6-8-10-18)19-13-11-17(3)12-14-19;1-3-10-13(11-4-2)12-8-6-5-7-9-12;12-10-4-6-11(7-5-10)13-14-15-8-2-1-3-9-15;7-5-1-3-6(8)4-2-5;1-5(2,3)4;;;;2*2-1(3)4/h3-5,7-8,11-16H,1-2,6,9-10,17-20H2;2*4-14H,1-2,15-16H2,3H3;3-9H,1-2,10-11H2;4-7H,1-3,8-9H2;1-4H,8H2;1-3H3;2*1H4;;(H,2,3,4);/q3*+1;;;;;;;;;-1. The van der Waals surface area contributed by atoms with Gasteiger partial charge in [-0.3, -0.25) is 10.0 Å². The number of hydrogen-bond donors (Lipinski definition) is 2. The molecule has 15 nitrogen and oxygen atoms in total. The van der Waals surface area contributed by atoms with Gasteiger partial charge in [-0.05, 0) is 249 Å². The van der Waals surface area contributed by atoms with Crippen LogP contribution >= 0.6 is 86.0 Å². The molecule has 641 valence electrons. The van der Waals surface area contributed by atoms with Crippen LogP contribution in [0.25, 0.3) is 0 Å². The van der Waals surface area contributed by atoms with Gasteiger partial charge in [0.05, 0.1) is 107 Å². The van der Waals surface area contributed by atoms with Gasteiger partial charge in [-0.25, -0.2) is 0 Å². The molecule has 2 saturated heterocycles. The minimum atomic E-state index is -1.75. The van der Waals surface area contributed by atoms with Crippen molar-refractivity contribution in [3.05, 3.63) is 388 Å². The van der Waals surface area contributed by atoms with Gasteiger partial charge in [0.1, 0.15) is 7.38 Å². The summed E-state index contributed by atoms with van der Waals surface area (Å²) in [6, 6.07) is 85.5. The molecule has 119 heavy (non-hydrogen) atoms. The third-order valence-electron chi connectivity index (χ3n) is 17.6. The topological polar surface area (TPSA) is 212 Å². The van der Waals surface area contributed by atoms with Crippen molar-refractivity contribution in [3.8, 4) is 0 Å². The van der Waals surface area contributed by atoms with E-state index in [0.29, 0.717) is 0 Å². The number of rotatable bonds is 27. The van der Waals surface area contributed by atoms with Gasteiger partial charge >= 0.3 is 0 Å². The summed E-state index contributed by atoms with van der Waals surface area (Å²) in [6.07, 6.45) is 32.1. The maximum absolute atomic E-state index is 8.36. The zero-order chi connectivity index (χ0) is 85.5. The third-order valence-corrected chi connectivity index (χ3v) is 34.4. The van der Waals surface area contributed by atoms with Crippen LogP contribution in [-0.4, -0.2) is 108 Å². The van der Waals surface area contributed by atoms with Crippen molar-refractivity contribution >= 4 is 148 Å². The molecular weight excluding hydrogens is 1910 g/mol. The van der Waals surface area contributed by atoms with E-state index < -0.39 is 39.3 Å². The molecule has 0 aromatic heterocycles. The van der Waals surface area contributed by atoms with Crippen LogP contribution in [0, 0.1) is 46.4 Å². The largest absolute Gasteiger partial charge is 0.399 e. The molecule has 0 atom stereocenters. The first-order chi connectivity index (χ1) is 55.7. The molecule has 0 spiro atoms. The van der Waals surface area contributed by atoms with Crippen molar-refractivity contribution in [2.75, 3.05) is 81.2 Å². The zero-order valence-electron chi connectivity index (χ0n) is 68.5. The van der Waals surface area contributed by atoms with Gasteiger partial charge in [-0.15, -0.1) is 33.5 Å². The molecule has 0 aliphatic carbocycles. The van der Waals surface area contributed by atoms with E-state index in [9.17, 15) is 0 Å². The fourth-order valence-electron chi connectivity index (χ4n) is 12.2. The Morgan fingerprint density at radius 1 is 0.429 bits per heavy atom. The van der Waals surface area contributed by atoms with Crippen molar-refractivity contribution in [1.82, 2.24) is 10.0 Å². The van der Waals surface area contributed by atoms with Crippen LogP contribution in [0.3, 0.4) is 0 Å². The Hall–Kier alpha value is -7.67. The van der Waals surface area contributed by atoms with Gasteiger partial charge in [0.25, 0.3) is 5.09 Å². The third kappa shape index (κ3) is 44.6. The van der Waals surface area contributed by atoms with Crippen LogP contribution in [0.1, 0.15) is 64.5 Å². The van der Waals surface area contributed by atoms with Crippen LogP contribution in [0.4, 0.5) is 17.1 Å². The second kappa shape index (κ2) is 64.2. The van der Waals surface area contributed by atoms with Gasteiger partial charge in [0.15, 0.2) is 0 Å². The number of piperidine rings is 2. The number of benzene rings is 9. The second-order valence-electron chi connectivity index (χ2n) is 27.7. The van der Waals surface area contributed by atoms with Crippen molar-refractivity contribution in [2.24, 2.45) is 20.7 Å². The fraction of sp³-hybridized carbons (Fsp3) is 0.263. The van der Waals surface area contributed by atoms with Gasteiger partial charge in [-0.2, -0.15) is 11.1 Å². The van der Waals surface area contributed by atoms with E-state index in [2.05, 4.69) is 380 Å². The molecule has 24 heteroatoms. The van der Waals surface area contributed by atoms with E-state index in [1.807, 2.05) is 72.8 Å². The van der Waals surface area contributed by atoms with Crippen molar-refractivity contribution in [1.29, 1.82) is 0 Å². The van der Waals surface area contributed by atoms with E-state index in [1.165, 1.54) is 93.9 Å². The van der Waals surface area contributed by atoms with Gasteiger partial charge in [0, 0.05) is 61.4 Å². The van der Waals surface area contributed by atoms with Gasteiger partial charge in [0.2, 0.25) is 0 Å². The number of aryl methyl sites for hydroxylation is 2. The summed E-state index contributed by atoms with van der Waals surface area (Å²) in [4.78, 5) is 16.6. The molecule has 3 N–H and O–H groups in total. The molecule has 9 aromatic carbocycles. The predicted molar refractivity (Wildman–Crippen MR) is 545 cm³/mol. The van der Waals surface area contributed by atoms with Crippen LogP contribution in [0.5, 0.6) is 0 Å². The average Bonchev–Trinajstić information content (AvgIpc) is 0.794. The SMILES string of the molecule is C.C.C=CCP(CC=C)c1ccccc1.C=CC[P+](CC=C)(c1ccccc1)c1ccc(C)cc1.C=CC[P+](CC=C)(c1ccccc1)c1ccc(C)cc1.C=CC[P+](CC=C)(c1ccccc1)c1ccc(N=NN2CCCCC2)cc1.C[Si](C)(C)Cl.Ic1ccc(N=NN2CCCCC2)cc1.Nc1ccc(I)cc1.O=[N+]([O-])O.O=[N+]([O-])[O-].[Ag]. The molecule has 1 radical (unpaired) electrons. The predicted octanol–water partition coefficient (Wildman–Crippen LogP) is 25.7. The number of nitrogens with zero attached hydrogens (tertiary/aromatic N) is 8. The van der Waals surface area contributed by atoms with Crippen molar-refractivity contribution in [3.63, 3.8) is 0 Å². The molecule has 0 bridgehead atoms. The smallest absolute Gasteiger partial charge is 0.291 e. The summed E-state index contributed by atoms with van der Waals surface area (Å²) in [5.41, 5.74) is 10.7. The Labute approximate surface area is 764 Å². The Balaban J connectivity index is 0.00000139. The van der Waals surface area contributed by atoms with E-state index in [4.69, 9.17) is 47.5 Å². The fourth-order valence-corrected chi connectivity index (χ4v) is 25.6. The van der Waals surface area contributed by atoms with Gasteiger partial charge < -0.3 is 26.3 Å². The summed E-state index contributed by atoms with van der Waals surface area (Å²) >= 11 is 10.2. The number of nitrogens with two attached hydrogens (primary N) is 1. The maximum Gasteiger partial charge on any atom is 0.291 e. The first-order valence-corrected chi connectivity index (χ1v) is 53.2. The molecule has 0 saturated carbocycles. The van der Waals surface area contributed by atoms with Crippen LogP contribution in [0.15, 0.2) is 365 Å².